The van der Waals surface area contributed by atoms with E-state index in [1.54, 1.807) is 0 Å². The number of carbonyl (C=O) groups excluding carboxylic acids is 1. The molecule has 1 aromatic rings. The SMILES string of the molecule is Cc1c(Br)cccc1C(=O)N1CC[S@@](=O)[C@@H](C)[C@H]1C. The Hall–Kier alpha value is -0.680. The van der Waals surface area contributed by atoms with Gasteiger partial charge in [-0.2, -0.15) is 0 Å². The highest BCUT2D eigenvalue weighted by atomic mass is 79.9. The minimum Gasteiger partial charge on any atom is -0.334 e. The Morgan fingerprint density at radius 1 is 1.42 bits per heavy atom. The summed E-state index contributed by atoms with van der Waals surface area (Å²) < 4.78 is 12.7. The van der Waals surface area contributed by atoms with Crippen molar-refractivity contribution in [3.63, 3.8) is 0 Å². The van der Waals surface area contributed by atoms with Crippen LogP contribution in [0, 0.1) is 6.92 Å². The van der Waals surface area contributed by atoms with Crippen LogP contribution < -0.4 is 0 Å². The van der Waals surface area contributed by atoms with Crippen LogP contribution in [0.3, 0.4) is 0 Å². The fraction of sp³-hybridized carbons (Fsp3) is 0.500. The van der Waals surface area contributed by atoms with Gasteiger partial charge in [0.2, 0.25) is 0 Å². The first-order chi connectivity index (χ1) is 8.93. The molecule has 2 rings (SSSR count). The number of halogens is 1. The Kier molecular flexibility index (Phi) is 4.46. The molecule has 1 aliphatic rings. The van der Waals surface area contributed by atoms with Crippen molar-refractivity contribution in [2.45, 2.75) is 32.1 Å². The average Bonchev–Trinajstić information content (AvgIpc) is 2.39. The van der Waals surface area contributed by atoms with Gasteiger partial charge < -0.3 is 4.90 Å². The molecule has 1 amide bonds. The van der Waals surface area contributed by atoms with Crippen LogP contribution in [-0.4, -0.2) is 38.6 Å². The number of hydrogen-bond acceptors (Lipinski definition) is 2. The maximum Gasteiger partial charge on any atom is 0.254 e. The largest absolute Gasteiger partial charge is 0.334 e. The van der Waals surface area contributed by atoms with E-state index in [2.05, 4.69) is 15.9 Å². The predicted octanol–water partition coefficient (Wildman–Crippen LogP) is 2.74. The highest BCUT2D eigenvalue weighted by molar-refractivity contribution is 9.10. The van der Waals surface area contributed by atoms with Gasteiger partial charge in [0.05, 0.1) is 5.25 Å². The Labute approximate surface area is 125 Å². The van der Waals surface area contributed by atoms with Crippen molar-refractivity contribution in [3.05, 3.63) is 33.8 Å². The zero-order valence-electron chi connectivity index (χ0n) is 11.4. The molecule has 1 fully saturated rings. The number of amides is 1. The molecule has 3 atom stereocenters. The second kappa shape index (κ2) is 5.75. The molecule has 0 aliphatic carbocycles. The van der Waals surface area contributed by atoms with Crippen molar-refractivity contribution < 1.29 is 9.00 Å². The Balaban J connectivity index is 2.29. The maximum absolute atomic E-state index is 12.6. The number of nitrogens with zero attached hydrogens (tertiary/aromatic N) is 1. The summed E-state index contributed by atoms with van der Waals surface area (Å²) in [6, 6.07) is 5.68. The van der Waals surface area contributed by atoms with E-state index in [0.717, 1.165) is 15.6 Å². The molecule has 5 heteroatoms. The van der Waals surface area contributed by atoms with Crippen LogP contribution in [0.25, 0.3) is 0 Å². The fourth-order valence-electron chi connectivity index (χ4n) is 2.33. The van der Waals surface area contributed by atoms with E-state index in [1.165, 1.54) is 0 Å². The minimum atomic E-state index is -0.822. The molecule has 0 unspecified atom stereocenters. The second-order valence-electron chi connectivity index (χ2n) is 4.94. The third-order valence-electron chi connectivity index (χ3n) is 3.88. The van der Waals surface area contributed by atoms with E-state index >= 15 is 0 Å². The van der Waals surface area contributed by atoms with E-state index < -0.39 is 10.8 Å². The van der Waals surface area contributed by atoms with E-state index in [1.807, 2.05) is 43.9 Å². The number of carbonyl (C=O) groups is 1. The summed E-state index contributed by atoms with van der Waals surface area (Å²) in [6.45, 7) is 6.44. The van der Waals surface area contributed by atoms with Crippen molar-refractivity contribution in [1.82, 2.24) is 4.90 Å². The molecule has 1 aliphatic heterocycles. The van der Waals surface area contributed by atoms with Crippen molar-refractivity contribution >= 4 is 32.6 Å². The number of benzene rings is 1. The summed E-state index contributed by atoms with van der Waals surface area (Å²) in [5, 5.41) is 0.0326. The lowest BCUT2D eigenvalue weighted by molar-refractivity contribution is 0.0695. The molecule has 3 nitrogen and oxygen atoms in total. The van der Waals surface area contributed by atoms with Crippen LogP contribution in [0.5, 0.6) is 0 Å². The third-order valence-corrected chi connectivity index (χ3v) is 6.55. The van der Waals surface area contributed by atoms with Crippen LogP contribution >= 0.6 is 15.9 Å². The van der Waals surface area contributed by atoms with E-state index in [9.17, 15) is 9.00 Å². The van der Waals surface area contributed by atoms with Gasteiger partial charge in [0.25, 0.3) is 5.91 Å². The van der Waals surface area contributed by atoms with Crippen molar-refractivity contribution in [2.24, 2.45) is 0 Å². The molecule has 0 bridgehead atoms. The first-order valence-electron chi connectivity index (χ1n) is 6.36. The molecular weight excluding hydrogens is 326 g/mol. The predicted molar refractivity (Wildman–Crippen MR) is 81.8 cm³/mol. The van der Waals surface area contributed by atoms with Crippen LogP contribution in [-0.2, 0) is 10.8 Å². The Morgan fingerprint density at radius 2 is 2.11 bits per heavy atom. The molecule has 19 heavy (non-hydrogen) atoms. The summed E-state index contributed by atoms with van der Waals surface area (Å²) in [5.74, 6) is 0.611. The van der Waals surface area contributed by atoms with Gasteiger partial charge in [0, 0.05) is 39.2 Å². The van der Waals surface area contributed by atoms with Gasteiger partial charge in [-0.25, -0.2) is 0 Å². The first-order valence-corrected chi connectivity index (χ1v) is 8.54. The molecule has 0 aromatic heterocycles. The second-order valence-corrected chi connectivity index (χ2v) is 7.71. The molecule has 0 saturated carbocycles. The van der Waals surface area contributed by atoms with Gasteiger partial charge in [-0.05, 0) is 38.5 Å². The number of hydrogen-bond donors (Lipinski definition) is 0. The van der Waals surface area contributed by atoms with Gasteiger partial charge in [-0.15, -0.1) is 0 Å². The zero-order chi connectivity index (χ0) is 14.2. The monoisotopic (exact) mass is 343 g/mol. The van der Waals surface area contributed by atoms with Crippen LogP contribution in [0.4, 0.5) is 0 Å². The normalized spacial score (nSPS) is 27.4. The Morgan fingerprint density at radius 3 is 2.79 bits per heavy atom. The van der Waals surface area contributed by atoms with Crippen molar-refractivity contribution in [2.75, 3.05) is 12.3 Å². The van der Waals surface area contributed by atoms with Crippen molar-refractivity contribution in [3.8, 4) is 0 Å². The maximum atomic E-state index is 12.6. The Bertz CT molecular complexity index is 532. The molecule has 1 heterocycles. The standard InChI is InChI=1S/C14H18BrNO2S/c1-9-12(5-4-6-13(9)15)14(17)16-7-8-19(18)11(3)10(16)2/h4-6,10-11H,7-8H2,1-3H3/t10-,11+,19-/m1/s1. The molecule has 104 valence electrons. The summed E-state index contributed by atoms with van der Waals surface area (Å²) in [6.07, 6.45) is 0. The van der Waals surface area contributed by atoms with Gasteiger partial charge in [-0.3, -0.25) is 9.00 Å². The van der Waals surface area contributed by atoms with Crippen molar-refractivity contribution in [1.29, 1.82) is 0 Å². The fourth-order valence-corrected chi connectivity index (χ4v) is 4.03. The smallest absolute Gasteiger partial charge is 0.254 e. The van der Waals surface area contributed by atoms with Gasteiger partial charge in [-0.1, -0.05) is 22.0 Å². The third kappa shape index (κ3) is 2.77. The van der Waals surface area contributed by atoms with Gasteiger partial charge in [0.1, 0.15) is 0 Å². The highest BCUT2D eigenvalue weighted by Gasteiger charge is 2.33. The first kappa shape index (κ1) is 14.7. The minimum absolute atomic E-state index is 0.0143. The average molecular weight is 344 g/mol. The summed E-state index contributed by atoms with van der Waals surface area (Å²) >= 11 is 3.46. The van der Waals surface area contributed by atoms with Crippen LogP contribution in [0.15, 0.2) is 22.7 Å². The molecule has 0 N–H and O–H groups in total. The van der Waals surface area contributed by atoms with Gasteiger partial charge in [0.15, 0.2) is 0 Å². The van der Waals surface area contributed by atoms with E-state index in [-0.39, 0.29) is 17.2 Å². The highest BCUT2D eigenvalue weighted by Crippen LogP contribution is 2.24. The van der Waals surface area contributed by atoms with E-state index in [4.69, 9.17) is 0 Å². The molecule has 0 radical (unpaired) electrons. The van der Waals surface area contributed by atoms with E-state index in [0.29, 0.717) is 12.3 Å². The lowest BCUT2D eigenvalue weighted by Crippen LogP contribution is -2.52. The summed E-state index contributed by atoms with van der Waals surface area (Å²) in [5.41, 5.74) is 1.68. The molecular formula is C14H18BrNO2S. The zero-order valence-corrected chi connectivity index (χ0v) is 13.8. The topological polar surface area (TPSA) is 37.4 Å². The van der Waals surface area contributed by atoms with Crippen LogP contribution in [0.2, 0.25) is 0 Å². The lowest BCUT2D eigenvalue weighted by Gasteiger charge is -2.37. The number of rotatable bonds is 1. The van der Waals surface area contributed by atoms with Gasteiger partial charge >= 0.3 is 0 Å². The molecule has 1 aromatic carbocycles. The summed E-state index contributed by atoms with van der Waals surface area (Å²) in [4.78, 5) is 14.5. The quantitative estimate of drug-likeness (QED) is 0.786. The summed E-state index contributed by atoms with van der Waals surface area (Å²) in [7, 11) is -0.822. The molecule has 1 saturated heterocycles. The molecule has 0 spiro atoms. The lowest BCUT2D eigenvalue weighted by atomic mass is 10.1. The van der Waals surface area contributed by atoms with Crippen LogP contribution in [0.1, 0.15) is 29.8 Å².